The van der Waals surface area contributed by atoms with Crippen molar-refractivity contribution in [1.82, 2.24) is 0 Å². The van der Waals surface area contributed by atoms with Crippen molar-refractivity contribution in [3.8, 4) is 5.75 Å². The predicted octanol–water partition coefficient (Wildman–Crippen LogP) is 4.88. The summed E-state index contributed by atoms with van der Waals surface area (Å²) in [5.74, 6) is -0.734. The first kappa shape index (κ1) is 24.0. The number of esters is 2. The number of ether oxygens (including phenoxy) is 2. The fraction of sp³-hybridized carbons (Fsp3) is 0.300. The number of rotatable bonds is 4. The van der Waals surface area contributed by atoms with E-state index in [4.69, 9.17) is 5.73 Å². The van der Waals surface area contributed by atoms with Crippen LogP contribution >= 0.6 is 31.9 Å². The zero-order valence-corrected chi connectivity index (χ0v) is 19.3. The van der Waals surface area contributed by atoms with E-state index in [1.165, 1.54) is 20.3 Å². The molecule has 0 aliphatic carbocycles. The average molecular weight is 517 g/mol. The molecule has 0 aromatic heterocycles. The van der Waals surface area contributed by atoms with Gasteiger partial charge in [-0.3, -0.25) is 0 Å². The lowest BCUT2D eigenvalue weighted by Crippen LogP contribution is -2.07. The van der Waals surface area contributed by atoms with Crippen LogP contribution in [-0.2, 0) is 22.3 Å². The number of carbonyl (C=O) groups excluding carboxylic acids is 2. The van der Waals surface area contributed by atoms with Crippen molar-refractivity contribution in [2.75, 3.05) is 20.0 Å². The molecule has 2 rings (SSSR count). The number of aromatic hydroxyl groups is 1. The Balaban J connectivity index is 0.000000280. The Labute approximate surface area is 181 Å². The van der Waals surface area contributed by atoms with Gasteiger partial charge in [0.15, 0.2) is 0 Å². The molecule has 152 valence electrons. The number of carbonyl (C=O) groups is 2. The lowest BCUT2D eigenvalue weighted by molar-refractivity contribution is 0.0590. The third-order valence-corrected chi connectivity index (χ3v) is 5.33. The molecule has 0 saturated carbocycles. The quantitative estimate of drug-likeness (QED) is 0.443. The number of hydrogen-bond donors (Lipinski definition) is 2. The zero-order valence-electron chi connectivity index (χ0n) is 16.1. The van der Waals surface area contributed by atoms with E-state index in [9.17, 15) is 14.7 Å². The van der Waals surface area contributed by atoms with Crippen molar-refractivity contribution in [3.63, 3.8) is 0 Å². The van der Waals surface area contributed by atoms with Crippen LogP contribution in [-0.4, -0.2) is 31.3 Å². The van der Waals surface area contributed by atoms with E-state index in [1.54, 1.807) is 18.2 Å². The minimum absolute atomic E-state index is 0.0504. The molecule has 0 amide bonds. The number of phenols is 1. The Kier molecular flexibility index (Phi) is 9.48. The third-order valence-electron chi connectivity index (χ3n) is 3.92. The van der Waals surface area contributed by atoms with E-state index in [0.717, 1.165) is 26.5 Å². The standard InChI is InChI=1S/C10H12BrNO2.C10H11BrO3/c2*1-3-7-8(10(13)14-2)4-6(12)5-9(7)11/h4-5H,3,12H2,1-2H3;4-5,12H,3H2,1-2H3. The third kappa shape index (κ3) is 5.97. The van der Waals surface area contributed by atoms with Gasteiger partial charge in [-0.25, -0.2) is 9.59 Å². The second kappa shape index (κ2) is 11.1. The van der Waals surface area contributed by atoms with Gasteiger partial charge in [0.25, 0.3) is 0 Å². The molecule has 0 unspecified atom stereocenters. The normalized spacial score (nSPS) is 9.93. The Morgan fingerprint density at radius 3 is 1.75 bits per heavy atom. The molecule has 0 spiro atoms. The van der Waals surface area contributed by atoms with Gasteiger partial charge in [0.2, 0.25) is 0 Å². The molecular weight excluding hydrogens is 494 g/mol. The summed E-state index contributed by atoms with van der Waals surface area (Å²) in [5.41, 5.74) is 8.89. The lowest BCUT2D eigenvalue weighted by Gasteiger charge is -2.09. The molecule has 0 fully saturated rings. The van der Waals surface area contributed by atoms with Crippen molar-refractivity contribution in [3.05, 3.63) is 55.5 Å². The Bertz CT molecular complexity index is 797. The molecule has 2 aromatic carbocycles. The highest BCUT2D eigenvalue weighted by Crippen LogP contribution is 2.27. The van der Waals surface area contributed by atoms with Gasteiger partial charge in [-0.1, -0.05) is 45.7 Å². The number of anilines is 1. The molecule has 6 nitrogen and oxygen atoms in total. The largest absolute Gasteiger partial charge is 0.508 e. The topological polar surface area (TPSA) is 98.9 Å². The van der Waals surface area contributed by atoms with Gasteiger partial charge in [-0.2, -0.15) is 0 Å². The maximum absolute atomic E-state index is 11.4. The molecule has 0 heterocycles. The van der Waals surface area contributed by atoms with E-state index in [2.05, 4.69) is 41.3 Å². The number of phenolic OH excluding ortho intramolecular Hbond substituents is 1. The van der Waals surface area contributed by atoms with Crippen molar-refractivity contribution >= 4 is 49.5 Å². The molecule has 0 saturated heterocycles. The fourth-order valence-electron chi connectivity index (χ4n) is 2.58. The van der Waals surface area contributed by atoms with Crippen LogP contribution in [0.2, 0.25) is 0 Å². The molecule has 0 atom stereocenters. The first-order chi connectivity index (χ1) is 13.2. The van der Waals surface area contributed by atoms with Crippen LogP contribution in [0.4, 0.5) is 5.69 Å². The second-order valence-electron chi connectivity index (χ2n) is 5.67. The van der Waals surface area contributed by atoms with E-state index in [1.807, 2.05) is 13.8 Å². The van der Waals surface area contributed by atoms with Gasteiger partial charge in [-0.05, 0) is 48.2 Å². The highest BCUT2D eigenvalue weighted by Gasteiger charge is 2.15. The first-order valence-electron chi connectivity index (χ1n) is 8.45. The minimum atomic E-state index is -0.432. The van der Waals surface area contributed by atoms with Crippen LogP contribution in [0.15, 0.2) is 33.2 Å². The summed E-state index contributed by atoms with van der Waals surface area (Å²) in [5, 5.41) is 9.32. The molecule has 28 heavy (non-hydrogen) atoms. The van der Waals surface area contributed by atoms with Crippen LogP contribution < -0.4 is 5.73 Å². The van der Waals surface area contributed by atoms with Crippen molar-refractivity contribution in [2.45, 2.75) is 26.7 Å². The molecule has 3 N–H and O–H groups in total. The SMILES string of the molecule is CCc1c(Br)cc(N)cc1C(=O)OC.CCc1c(Br)cc(O)cc1C(=O)OC. The Morgan fingerprint density at radius 1 is 0.893 bits per heavy atom. The number of benzene rings is 2. The Hall–Kier alpha value is -2.06. The second-order valence-corrected chi connectivity index (χ2v) is 7.38. The fourth-order valence-corrected chi connectivity index (χ4v) is 4.07. The smallest absolute Gasteiger partial charge is 0.338 e. The maximum Gasteiger partial charge on any atom is 0.338 e. The van der Waals surface area contributed by atoms with Gasteiger partial charge in [0.1, 0.15) is 5.75 Å². The number of halogens is 2. The predicted molar refractivity (Wildman–Crippen MR) is 116 cm³/mol. The summed E-state index contributed by atoms with van der Waals surface area (Å²) in [6.45, 7) is 3.91. The molecule has 2 aromatic rings. The van der Waals surface area contributed by atoms with Gasteiger partial charge >= 0.3 is 11.9 Å². The van der Waals surface area contributed by atoms with Crippen LogP contribution in [0.25, 0.3) is 0 Å². The van der Waals surface area contributed by atoms with E-state index in [-0.39, 0.29) is 11.7 Å². The monoisotopic (exact) mass is 515 g/mol. The van der Waals surface area contributed by atoms with Gasteiger partial charge in [-0.15, -0.1) is 0 Å². The number of nitrogens with two attached hydrogens (primary N) is 1. The average Bonchev–Trinajstić information content (AvgIpc) is 2.66. The molecule has 0 bridgehead atoms. The molecule has 8 heteroatoms. The summed E-state index contributed by atoms with van der Waals surface area (Å²) >= 11 is 6.66. The highest BCUT2D eigenvalue weighted by molar-refractivity contribution is 9.10. The summed E-state index contributed by atoms with van der Waals surface area (Å²) in [6.07, 6.45) is 1.45. The summed E-state index contributed by atoms with van der Waals surface area (Å²) < 4.78 is 10.9. The van der Waals surface area contributed by atoms with Gasteiger partial charge in [0.05, 0.1) is 25.3 Å². The van der Waals surface area contributed by atoms with Crippen LogP contribution in [0.3, 0.4) is 0 Å². The van der Waals surface area contributed by atoms with Gasteiger partial charge in [0, 0.05) is 14.6 Å². The molecular formula is C20H23Br2NO5. The summed E-state index contributed by atoms with van der Waals surface area (Å²) in [7, 11) is 2.68. The van der Waals surface area contributed by atoms with Gasteiger partial charge < -0.3 is 20.3 Å². The van der Waals surface area contributed by atoms with Crippen molar-refractivity contribution in [1.29, 1.82) is 0 Å². The first-order valence-corrected chi connectivity index (χ1v) is 10.0. The molecule has 0 aliphatic heterocycles. The summed E-state index contributed by atoms with van der Waals surface area (Å²) in [4.78, 5) is 22.7. The Morgan fingerprint density at radius 2 is 1.32 bits per heavy atom. The lowest BCUT2D eigenvalue weighted by atomic mass is 10.0. The maximum atomic E-state index is 11.4. The van der Waals surface area contributed by atoms with Crippen LogP contribution in [0.5, 0.6) is 5.75 Å². The van der Waals surface area contributed by atoms with Crippen molar-refractivity contribution < 1.29 is 24.2 Å². The zero-order chi connectivity index (χ0) is 21.4. The van der Waals surface area contributed by atoms with E-state index >= 15 is 0 Å². The highest BCUT2D eigenvalue weighted by atomic mass is 79.9. The summed E-state index contributed by atoms with van der Waals surface area (Å²) in [6, 6.07) is 6.39. The molecule has 0 radical (unpaired) electrons. The van der Waals surface area contributed by atoms with Crippen molar-refractivity contribution in [2.24, 2.45) is 0 Å². The molecule has 0 aliphatic rings. The number of nitrogen functional groups attached to an aromatic ring is 1. The van der Waals surface area contributed by atoms with E-state index < -0.39 is 5.97 Å². The van der Waals surface area contributed by atoms with E-state index in [0.29, 0.717) is 23.2 Å². The van der Waals surface area contributed by atoms with Crippen LogP contribution in [0, 0.1) is 0 Å². The number of methoxy groups -OCH3 is 2. The minimum Gasteiger partial charge on any atom is -0.508 e. The number of hydrogen-bond acceptors (Lipinski definition) is 6. The van der Waals surface area contributed by atoms with Crippen LogP contribution in [0.1, 0.15) is 45.7 Å².